The maximum absolute atomic E-state index is 13.2. The second-order valence-corrected chi connectivity index (χ2v) is 10.2. The van der Waals surface area contributed by atoms with Crippen LogP contribution in [0.2, 0.25) is 0 Å². The molecule has 3 N–H and O–H groups in total. The van der Waals surface area contributed by atoms with Gasteiger partial charge in [0, 0.05) is 29.4 Å². The summed E-state index contributed by atoms with van der Waals surface area (Å²) in [5.74, 6) is 0.424. The second-order valence-electron chi connectivity index (χ2n) is 8.12. The van der Waals surface area contributed by atoms with Crippen molar-refractivity contribution in [3.63, 3.8) is 0 Å². The van der Waals surface area contributed by atoms with Crippen LogP contribution in [0.4, 0.5) is 5.00 Å². The van der Waals surface area contributed by atoms with E-state index in [1.165, 1.54) is 28.0 Å². The van der Waals surface area contributed by atoms with Crippen LogP contribution in [0.25, 0.3) is 11.4 Å². The number of carbonyl (C=O) groups excluding carboxylic acids is 2. The third-order valence-electron chi connectivity index (χ3n) is 5.70. The second kappa shape index (κ2) is 10.8. The molecular formula is C25H24N6O2S2. The first-order valence-corrected chi connectivity index (χ1v) is 13.2. The zero-order valence-electron chi connectivity index (χ0n) is 18.9. The molecule has 1 aliphatic rings. The van der Waals surface area contributed by atoms with Crippen LogP contribution in [-0.4, -0.2) is 37.7 Å². The fourth-order valence-electron chi connectivity index (χ4n) is 4.00. The van der Waals surface area contributed by atoms with Crippen molar-refractivity contribution in [3.8, 4) is 11.4 Å². The third kappa shape index (κ3) is 5.60. The van der Waals surface area contributed by atoms with E-state index in [4.69, 9.17) is 0 Å². The van der Waals surface area contributed by atoms with Crippen molar-refractivity contribution in [2.24, 2.45) is 0 Å². The van der Waals surface area contributed by atoms with Crippen molar-refractivity contribution in [1.29, 1.82) is 0 Å². The summed E-state index contributed by atoms with van der Waals surface area (Å²) in [5, 5.41) is 14.2. The molecule has 10 heteroatoms. The molecule has 1 aromatic carbocycles. The number of thioether (sulfide) groups is 1. The molecule has 0 fully saturated rings. The standard InChI is InChI=1S/C25H24N6O2S2/c32-20(15-34-25-29-22(30-31-25)17-10-12-26-13-11-17)28-24-21(18-8-4-5-9-19(18)35-24)23(33)27-14-16-6-2-1-3-7-16/h1-3,6-7,10-13H,4-5,8-9,14-15H2,(H,27,33)(H,28,32)(H,29,30,31). The number of pyridine rings is 1. The molecule has 178 valence electrons. The fraction of sp³-hybridized carbons (Fsp3) is 0.240. The summed E-state index contributed by atoms with van der Waals surface area (Å²) < 4.78 is 0. The number of H-pyrrole nitrogens is 1. The molecule has 5 rings (SSSR count). The smallest absolute Gasteiger partial charge is 0.254 e. The quantitative estimate of drug-likeness (QED) is 0.305. The van der Waals surface area contributed by atoms with Gasteiger partial charge in [-0.15, -0.1) is 16.4 Å². The lowest BCUT2D eigenvalue weighted by atomic mass is 9.95. The number of aromatic nitrogens is 4. The number of aryl methyl sites for hydroxylation is 1. The van der Waals surface area contributed by atoms with E-state index in [1.54, 1.807) is 12.4 Å². The summed E-state index contributed by atoms with van der Waals surface area (Å²) in [6.45, 7) is 0.443. The Morgan fingerprint density at radius 3 is 2.69 bits per heavy atom. The predicted octanol–water partition coefficient (Wildman–Crippen LogP) is 4.47. The van der Waals surface area contributed by atoms with Gasteiger partial charge in [0.05, 0.1) is 11.3 Å². The Balaban J connectivity index is 1.25. The van der Waals surface area contributed by atoms with E-state index in [2.05, 4.69) is 30.8 Å². The van der Waals surface area contributed by atoms with Gasteiger partial charge >= 0.3 is 0 Å². The summed E-state index contributed by atoms with van der Waals surface area (Å²) in [6.07, 6.45) is 7.33. The van der Waals surface area contributed by atoms with Gasteiger partial charge < -0.3 is 10.6 Å². The van der Waals surface area contributed by atoms with E-state index in [0.29, 0.717) is 28.1 Å². The van der Waals surface area contributed by atoms with Crippen LogP contribution >= 0.6 is 23.1 Å². The summed E-state index contributed by atoms with van der Waals surface area (Å²) in [4.78, 5) is 35.6. The lowest BCUT2D eigenvalue weighted by Crippen LogP contribution is -2.25. The monoisotopic (exact) mass is 504 g/mol. The molecule has 0 saturated heterocycles. The molecule has 2 amide bonds. The minimum absolute atomic E-state index is 0.140. The summed E-state index contributed by atoms with van der Waals surface area (Å²) in [6, 6.07) is 13.5. The highest BCUT2D eigenvalue weighted by Crippen LogP contribution is 2.38. The predicted molar refractivity (Wildman–Crippen MR) is 138 cm³/mol. The Morgan fingerprint density at radius 1 is 1.06 bits per heavy atom. The summed E-state index contributed by atoms with van der Waals surface area (Å²) >= 11 is 2.76. The molecule has 3 aromatic heterocycles. The van der Waals surface area contributed by atoms with Gasteiger partial charge in [0.1, 0.15) is 5.00 Å². The average Bonchev–Trinajstić information content (AvgIpc) is 3.52. The number of aromatic amines is 1. The number of nitrogens with zero attached hydrogens (tertiary/aromatic N) is 3. The van der Waals surface area contributed by atoms with Crippen molar-refractivity contribution >= 4 is 39.9 Å². The van der Waals surface area contributed by atoms with Gasteiger partial charge in [0.2, 0.25) is 11.1 Å². The number of thiophene rings is 1. The largest absolute Gasteiger partial charge is 0.348 e. The van der Waals surface area contributed by atoms with E-state index in [-0.39, 0.29) is 17.6 Å². The molecule has 1 aliphatic carbocycles. The third-order valence-corrected chi connectivity index (χ3v) is 7.75. The van der Waals surface area contributed by atoms with Crippen LogP contribution in [0, 0.1) is 0 Å². The van der Waals surface area contributed by atoms with Gasteiger partial charge in [0.25, 0.3) is 5.91 Å². The first-order valence-electron chi connectivity index (χ1n) is 11.4. The fourth-order valence-corrected chi connectivity index (χ4v) is 5.90. The van der Waals surface area contributed by atoms with Gasteiger partial charge in [-0.1, -0.05) is 42.1 Å². The SMILES string of the molecule is O=C(CSc1n[nH]c(-c2ccncc2)n1)Nc1sc2c(c1C(=O)NCc1ccccc1)CCCC2. The van der Waals surface area contributed by atoms with Crippen LogP contribution in [0.5, 0.6) is 0 Å². The van der Waals surface area contributed by atoms with Crippen LogP contribution in [0.3, 0.4) is 0 Å². The number of carbonyl (C=O) groups is 2. The number of hydrogen-bond acceptors (Lipinski definition) is 7. The van der Waals surface area contributed by atoms with Crippen LogP contribution < -0.4 is 10.6 Å². The molecule has 0 spiro atoms. The van der Waals surface area contributed by atoms with E-state index in [0.717, 1.165) is 42.4 Å². The van der Waals surface area contributed by atoms with Crippen molar-refractivity contribution in [2.45, 2.75) is 37.4 Å². The molecule has 0 radical (unpaired) electrons. The molecule has 0 unspecified atom stereocenters. The van der Waals surface area contributed by atoms with E-state index < -0.39 is 0 Å². The number of amides is 2. The van der Waals surface area contributed by atoms with Crippen LogP contribution in [-0.2, 0) is 24.2 Å². The Morgan fingerprint density at radius 2 is 1.86 bits per heavy atom. The van der Waals surface area contributed by atoms with Crippen LogP contribution in [0.1, 0.15) is 39.2 Å². The average molecular weight is 505 g/mol. The van der Waals surface area contributed by atoms with Gasteiger partial charge in [0.15, 0.2) is 5.82 Å². The highest BCUT2D eigenvalue weighted by molar-refractivity contribution is 7.99. The van der Waals surface area contributed by atoms with Gasteiger partial charge in [-0.2, -0.15) is 0 Å². The minimum Gasteiger partial charge on any atom is -0.348 e. The summed E-state index contributed by atoms with van der Waals surface area (Å²) in [7, 11) is 0. The molecule has 0 saturated carbocycles. The molecule has 35 heavy (non-hydrogen) atoms. The number of benzene rings is 1. The lowest BCUT2D eigenvalue weighted by Gasteiger charge is -2.13. The topological polar surface area (TPSA) is 113 Å². The first-order chi connectivity index (χ1) is 17.2. The minimum atomic E-state index is -0.194. The van der Waals surface area contributed by atoms with E-state index >= 15 is 0 Å². The number of nitrogens with one attached hydrogen (secondary N) is 3. The van der Waals surface area contributed by atoms with E-state index in [9.17, 15) is 9.59 Å². The molecule has 0 bridgehead atoms. The van der Waals surface area contributed by atoms with Crippen molar-refractivity contribution < 1.29 is 9.59 Å². The zero-order valence-corrected chi connectivity index (χ0v) is 20.5. The molecule has 0 atom stereocenters. The van der Waals surface area contributed by atoms with Gasteiger partial charge in [-0.05, 0) is 48.9 Å². The maximum Gasteiger partial charge on any atom is 0.254 e. The Kier molecular flexibility index (Phi) is 7.20. The van der Waals surface area contributed by atoms with E-state index in [1.807, 2.05) is 42.5 Å². The van der Waals surface area contributed by atoms with Gasteiger partial charge in [-0.25, -0.2) is 4.98 Å². The van der Waals surface area contributed by atoms with Crippen molar-refractivity contribution in [1.82, 2.24) is 25.5 Å². The highest BCUT2D eigenvalue weighted by Gasteiger charge is 2.26. The van der Waals surface area contributed by atoms with Crippen molar-refractivity contribution in [2.75, 3.05) is 11.1 Å². The molecular weight excluding hydrogens is 480 g/mol. The number of hydrogen-bond donors (Lipinski definition) is 3. The Bertz CT molecular complexity index is 1320. The first kappa shape index (κ1) is 23.3. The number of rotatable bonds is 8. The zero-order chi connectivity index (χ0) is 24.0. The lowest BCUT2D eigenvalue weighted by molar-refractivity contribution is -0.113. The van der Waals surface area contributed by atoms with Gasteiger partial charge in [-0.3, -0.25) is 19.7 Å². The van der Waals surface area contributed by atoms with Crippen LogP contribution in [0.15, 0.2) is 60.0 Å². The normalized spacial score (nSPS) is 12.7. The molecule has 0 aliphatic heterocycles. The Labute approximate surface area is 211 Å². The Hall–Kier alpha value is -3.50. The molecule has 4 aromatic rings. The summed E-state index contributed by atoms with van der Waals surface area (Å²) in [5.41, 5.74) is 3.59. The highest BCUT2D eigenvalue weighted by atomic mass is 32.2. The molecule has 8 nitrogen and oxygen atoms in total. The maximum atomic E-state index is 13.2. The number of anilines is 1. The molecule has 3 heterocycles. The number of fused-ring (bicyclic) bond motifs is 1. The van der Waals surface area contributed by atoms with Crippen molar-refractivity contribution in [3.05, 3.63) is 76.4 Å².